The summed E-state index contributed by atoms with van der Waals surface area (Å²) in [5, 5.41) is 5.92. The van der Waals surface area contributed by atoms with Gasteiger partial charge in [0.1, 0.15) is 0 Å². The summed E-state index contributed by atoms with van der Waals surface area (Å²) in [6, 6.07) is 15.6. The van der Waals surface area contributed by atoms with Gasteiger partial charge >= 0.3 is 5.97 Å². The second-order valence-corrected chi connectivity index (χ2v) is 6.28. The van der Waals surface area contributed by atoms with E-state index in [2.05, 4.69) is 41.5 Å². The van der Waals surface area contributed by atoms with Crippen molar-refractivity contribution in [3.8, 4) is 11.3 Å². The smallest absolute Gasteiger partial charge is 0.340 e. The summed E-state index contributed by atoms with van der Waals surface area (Å²) >= 11 is 1.50. The highest BCUT2D eigenvalue weighted by Gasteiger charge is 2.30. The number of ether oxygens (including phenoxy) is 1. The number of hydrogen-bond acceptors (Lipinski definition) is 5. The van der Waals surface area contributed by atoms with E-state index in [1.807, 2.05) is 23.6 Å². The van der Waals surface area contributed by atoms with Gasteiger partial charge < -0.3 is 10.1 Å². The molecule has 5 heteroatoms. The van der Waals surface area contributed by atoms with Crippen molar-refractivity contribution in [2.45, 2.75) is 13.2 Å². The van der Waals surface area contributed by atoms with Gasteiger partial charge in [-0.1, -0.05) is 48.0 Å². The molecule has 2 heterocycles. The maximum Gasteiger partial charge on any atom is 0.340 e. The molecule has 0 bridgehead atoms. The normalized spacial score (nSPS) is 16.0. The lowest BCUT2D eigenvalue weighted by Crippen LogP contribution is -2.09. The topological polar surface area (TPSA) is 51.2 Å². The third-order valence-corrected chi connectivity index (χ3v) is 4.57. The van der Waals surface area contributed by atoms with Gasteiger partial charge in [-0.25, -0.2) is 9.78 Å². The standard InChI is InChI=1S/C18H14N2O2S/c1-11-6-8-12(9-7-11)15-10-23-18(19-15)20-16-13-4-2-3-5-14(13)17(21)22-16/h2-10,16H,1H3,(H,19,20)/t16-/m1/s1. The fourth-order valence-electron chi connectivity index (χ4n) is 2.56. The first-order chi connectivity index (χ1) is 11.2. The van der Waals surface area contributed by atoms with Gasteiger partial charge in [0.2, 0.25) is 6.23 Å². The summed E-state index contributed by atoms with van der Waals surface area (Å²) in [4.78, 5) is 16.4. The van der Waals surface area contributed by atoms with Crippen LogP contribution in [0.1, 0.15) is 27.7 Å². The van der Waals surface area contributed by atoms with Crippen molar-refractivity contribution in [2.75, 3.05) is 5.32 Å². The molecule has 0 aliphatic carbocycles. The lowest BCUT2D eigenvalue weighted by molar-refractivity contribution is 0.0437. The molecule has 1 N–H and O–H groups in total. The Kier molecular flexibility index (Phi) is 3.35. The highest BCUT2D eigenvalue weighted by molar-refractivity contribution is 7.14. The lowest BCUT2D eigenvalue weighted by atomic mass is 10.1. The number of anilines is 1. The average molecular weight is 322 g/mol. The molecule has 0 fully saturated rings. The van der Waals surface area contributed by atoms with E-state index < -0.39 is 6.23 Å². The quantitative estimate of drug-likeness (QED) is 0.726. The molecule has 1 aliphatic rings. The number of aromatic nitrogens is 1. The molecule has 3 aromatic rings. The second-order valence-electron chi connectivity index (χ2n) is 5.42. The van der Waals surface area contributed by atoms with Crippen LogP contribution in [-0.4, -0.2) is 11.0 Å². The number of rotatable bonds is 3. The number of benzene rings is 2. The Morgan fingerprint density at radius 1 is 1.13 bits per heavy atom. The molecule has 1 aromatic heterocycles. The number of fused-ring (bicyclic) bond motifs is 1. The molecule has 0 saturated carbocycles. The minimum absolute atomic E-state index is 0.298. The van der Waals surface area contributed by atoms with E-state index in [0.717, 1.165) is 22.0 Å². The Morgan fingerprint density at radius 2 is 1.91 bits per heavy atom. The van der Waals surface area contributed by atoms with Gasteiger partial charge in [0, 0.05) is 16.5 Å². The number of hydrogen-bond donors (Lipinski definition) is 1. The number of nitrogens with one attached hydrogen (secondary N) is 1. The van der Waals surface area contributed by atoms with Gasteiger partial charge in [0.15, 0.2) is 5.13 Å². The maximum atomic E-state index is 11.8. The van der Waals surface area contributed by atoms with Crippen LogP contribution in [0.5, 0.6) is 0 Å². The second kappa shape index (κ2) is 5.52. The van der Waals surface area contributed by atoms with Crippen molar-refractivity contribution < 1.29 is 9.53 Å². The van der Waals surface area contributed by atoms with Crippen molar-refractivity contribution in [2.24, 2.45) is 0 Å². The zero-order chi connectivity index (χ0) is 15.8. The number of carbonyl (C=O) groups excluding carboxylic acids is 1. The fourth-order valence-corrected chi connectivity index (χ4v) is 3.30. The molecule has 0 unspecified atom stereocenters. The van der Waals surface area contributed by atoms with Crippen molar-refractivity contribution in [1.82, 2.24) is 4.98 Å². The van der Waals surface area contributed by atoms with Gasteiger partial charge in [0.05, 0.1) is 11.3 Å². The molecule has 23 heavy (non-hydrogen) atoms. The Bertz CT molecular complexity index is 871. The Hall–Kier alpha value is -2.66. The number of carbonyl (C=O) groups is 1. The number of esters is 1. The van der Waals surface area contributed by atoms with Gasteiger partial charge in [0.25, 0.3) is 0 Å². The highest BCUT2D eigenvalue weighted by atomic mass is 32.1. The lowest BCUT2D eigenvalue weighted by Gasteiger charge is -2.11. The van der Waals surface area contributed by atoms with Gasteiger partial charge in [-0.15, -0.1) is 11.3 Å². The van der Waals surface area contributed by atoms with E-state index in [0.29, 0.717) is 5.56 Å². The minimum atomic E-state index is -0.476. The van der Waals surface area contributed by atoms with E-state index in [4.69, 9.17) is 4.74 Å². The summed E-state index contributed by atoms with van der Waals surface area (Å²) in [6.45, 7) is 2.06. The zero-order valence-corrected chi connectivity index (χ0v) is 13.3. The van der Waals surface area contributed by atoms with E-state index in [9.17, 15) is 4.79 Å². The maximum absolute atomic E-state index is 11.8. The van der Waals surface area contributed by atoms with Gasteiger partial charge in [-0.3, -0.25) is 0 Å². The zero-order valence-electron chi connectivity index (χ0n) is 12.4. The first-order valence-electron chi connectivity index (χ1n) is 7.30. The first kappa shape index (κ1) is 14.0. The van der Waals surface area contributed by atoms with Crippen LogP contribution in [0.2, 0.25) is 0 Å². The van der Waals surface area contributed by atoms with Crippen LogP contribution in [0.4, 0.5) is 5.13 Å². The molecule has 0 spiro atoms. The number of thiazole rings is 1. The fraction of sp³-hybridized carbons (Fsp3) is 0.111. The van der Waals surface area contributed by atoms with Crippen LogP contribution in [0.25, 0.3) is 11.3 Å². The number of nitrogens with zero attached hydrogens (tertiary/aromatic N) is 1. The van der Waals surface area contributed by atoms with Crippen molar-refractivity contribution in [1.29, 1.82) is 0 Å². The molecule has 1 aliphatic heterocycles. The van der Waals surface area contributed by atoms with Crippen molar-refractivity contribution in [3.63, 3.8) is 0 Å². The van der Waals surface area contributed by atoms with Gasteiger partial charge in [-0.2, -0.15) is 0 Å². The molecule has 114 valence electrons. The monoisotopic (exact) mass is 322 g/mol. The van der Waals surface area contributed by atoms with Gasteiger partial charge in [-0.05, 0) is 13.0 Å². The van der Waals surface area contributed by atoms with Crippen LogP contribution in [0.3, 0.4) is 0 Å². The average Bonchev–Trinajstić information content (AvgIpc) is 3.15. The minimum Gasteiger partial charge on any atom is -0.434 e. The predicted octanol–water partition coefficient (Wildman–Crippen LogP) is 4.40. The molecular formula is C18H14N2O2S. The largest absolute Gasteiger partial charge is 0.434 e. The van der Waals surface area contributed by atoms with Crippen LogP contribution >= 0.6 is 11.3 Å². The third kappa shape index (κ3) is 2.59. The number of cyclic esters (lactones) is 1. The summed E-state index contributed by atoms with van der Waals surface area (Å²) in [5.74, 6) is -0.298. The summed E-state index contributed by atoms with van der Waals surface area (Å²) in [6.07, 6.45) is -0.476. The summed E-state index contributed by atoms with van der Waals surface area (Å²) in [7, 11) is 0. The molecular weight excluding hydrogens is 308 g/mol. The van der Waals surface area contributed by atoms with Crippen molar-refractivity contribution >= 4 is 22.4 Å². The molecule has 0 saturated heterocycles. The third-order valence-electron chi connectivity index (χ3n) is 3.79. The Balaban J connectivity index is 1.57. The molecule has 4 nitrogen and oxygen atoms in total. The Labute approximate surface area is 137 Å². The molecule has 1 atom stereocenters. The van der Waals surface area contributed by atoms with E-state index in [1.165, 1.54) is 16.9 Å². The number of aryl methyl sites for hydroxylation is 1. The van der Waals surface area contributed by atoms with Crippen LogP contribution < -0.4 is 5.32 Å². The predicted molar refractivity (Wildman–Crippen MR) is 90.5 cm³/mol. The molecule has 0 amide bonds. The summed E-state index contributed by atoms with van der Waals surface area (Å²) in [5.41, 5.74) is 4.67. The first-order valence-corrected chi connectivity index (χ1v) is 8.18. The molecule has 2 aromatic carbocycles. The van der Waals surface area contributed by atoms with E-state index in [1.54, 1.807) is 6.07 Å². The molecule has 4 rings (SSSR count). The SMILES string of the molecule is Cc1ccc(-c2csc(N[C@@H]3OC(=O)c4ccccc43)n2)cc1. The Morgan fingerprint density at radius 3 is 2.74 bits per heavy atom. The molecule has 0 radical (unpaired) electrons. The van der Waals surface area contributed by atoms with Crippen LogP contribution in [0, 0.1) is 6.92 Å². The van der Waals surface area contributed by atoms with Crippen molar-refractivity contribution in [3.05, 3.63) is 70.6 Å². The van der Waals surface area contributed by atoms with E-state index in [-0.39, 0.29) is 5.97 Å². The van der Waals surface area contributed by atoms with Crippen LogP contribution in [0.15, 0.2) is 53.9 Å². The van der Waals surface area contributed by atoms with Crippen LogP contribution in [-0.2, 0) is 4.74 Å². The summed E-state index contributed by atoms with van der Waals surface area (Å²) < 4.78 is 5.38. The highest BCUT2D eigenvalue weighted by Crippen LogP contribution is 2.33. The van der Waals surface area contributed by atoms with E-state index >= 15 is 0 Å².